The van der Waals surface area contributed by atoms with Gasteiger partial charge in [-0.2, -0.15) is 0 Å². The third-order valence-electron chi connectivity index (χ3n) is 4.56. The SMILES string of the molecule is CCC(=CS(=O)(=O)NC(=O)N(c1ccccc1)c1ccccc1)c1ccc(C)cc1. The third kappa shape index (κ3) is 5.36. The molecule has 0 saturated carbocycles. The number of amides is 2. The van der Waals surface area contributed by atoms with Crippen LogP contribution in [0.3, 0.4) is 0 Å². The van der Waals surface area contributed by atoms with Gasteiger partial charge < -0.3 is 0 Å². The Labute approximate surface area is 177 Å². The summed E-state index contributed by atoms with van der Waals surface area (Å²) in [4.78, 5) is 14.4. The number of anilines is 2. The molecule has 30 heavy (non-hydrogen) atoms. The number of nitrogens with one attached hydrogen (secondary N) is 1. The summed E-state index contributed by atoms with van der Waals surface area (Å²) in [6.07, 6.45) is 0.513. The predicted octanol–water partition coefficient (Wildman–Crippen LogP) is 5.62. The number of hydrogen-bond acceptors (Lipinski definition) is 3. The second-order valence-electron chi connectivity index (χ2n) is 6.82. The van der Waals surface area contributed by atoms with E-state index in [4.69, 9.17) is 0 Å². The number of allylic oxidation sites excluding steroid dienone is 1. The van der Waals surface area contributed by atoms with E-state index in [-0.39, 0.29) is 0 Å². The van der Waals surface area contributed by atoms with Gasteiger partial charge in [0, 0.05) is 0 Å². The minimum Gasteiger partial charge on any atom is -0.262 e. The highest BCUT2D eigenvalue weighted by molar-refractivity contribution is 7.93. The summed E-state index contributed by atoms with van der Waals surface area (Å²) in [5, 5.41) is 1.13. The molecule has 0 aromatic heterocycles. The second kappa shape index (κ2) is 9.41. The number of aryl methyl sites for hydroxylation is 1. The summed E-state index contributed by atoms with van der Waals surface area (Å²) in [5.41, 5.74) is 3.65. The molecule has 0 bridgehead atoms. The van der Waals surface area contributed by atoms with Crippen LogP contribution in [0.5, 0.6) is 0 Å². The van der Waals surface area contributed by atoms with E-state index in [1.54, 1.807) is 48.5 Å². The van der Waals surface area contributed by atoms with Crippen LogP contribution in [0.15, 0.2) is 90.3 Å². The van der Waals surface area contributed by atoms with Crippen molar-refractivity contribution in [2.75, 3.05) is 4.90 Å². The molecule has 0 aliphatic heterocycles. The van der Waals surface area contributed by atoms with Gasteiger partial charge in [0.2, 0.25) is 0 Å². The quantitative estimate of drug-likeness (QED) is 0.562. The Bertz CT molecular complexity index is 1080. The van der Waals surface area contributed by atoms with E-state index in [0.717, 1.165) is 16.5 Å². The molecule has 0 saturated heterocycles. The summed E-state index contributed by atoms with van der Waals surface area (Å²) in [7, 11) is -4.01. The first-order valence-corrected chi connectivity index (χ1v) is 11.2. The van der Waals surface area contributed by atoms with E-state index in [1.807, 2.05) is 50.2 Å². The maximum absolute atomic E-state index is 13.0. The minimum absolute atomic E-state index is 0.513. The average molecular weight is 421 g/mol. The van der Waals surface area contributed by atoms with Crippen molar-refractivity contribution in [3.05, 3.63) is 101 Å². The molecule has 3 aromatic carbocycles. The number of benzene rings is 3. The van der Waals surface area contributed by atoms with Crippen LogP contribution in [-0.2, 0) is 10.0 Å². The predicted molar refractivity (Wildman–Crippen MR) is 122 cm³/mol. The largest absolute Gasteiger partial charge is 0.340 e. The molecule has 0 aliphatic rings. The van der Waals surface area contributed by atoms with Crippen LogP contribution in [0.1, 0.15) is 24.5 Å². The molecular weight excluding hydrogens is 396 g/mol. The zero-order valence-electron chi connectivity index (χ0n) is 16.9. The Balaban J connectivity index is 1.91. The monoisotopic (exact) mass is 420 g/mol. The van der Waals surface area contributed by atoms with Crippen LogP contribution in [0.4, 0.5) is 16.2 Å². The van der Waals surface area contributed by atoms with E-state index >= 15 is 0 Å². The normalized spacial score (nSPS) is 11.7. The molecule has 0 fully saturated rings. The molecule has 2 amide bonds. The van der Waals surface area contributed by atoms with Crippen molar-refractivity contribution >= 4 is 33.0 Å². The van der Waals surface area contributed by atoms with Crippen molar-refractivity contribution < 1.29 is 13.2 Å². The number of nitrogens with zero attached hydrogens (tertiary/aromatic N) is 1. The van der Waals surface area contributed by atoms with E-state index in [0.29, 0.717) is 23.4 Å². The van der Waals surface area contributed by atoms with Crippen LogP contribution < -0.4 is 9.62 Å². The number of rotatable bonds is 6. The summed E-state index contributed by atoms with van der Waals surface area (Å²) in [5.74, 6) is 0. The lowest BCUT2D eigenvalue weighted by molar-refractivity contribution is 0.253. The average Bonchev–Trinajstić information content (AvgIpc) is 2.74. The van der Waals surface area contributed by atoms with Crippen LogP contribution in [0, 0.1) is 6.92 Å². The summed E-state index contributed by atoms with van der Waals surface area (Å²) in [6, 6.07) is 24.7. The van der Waals surface area contributed by atoms with Crippen molar-refractivity contribution in [1.82, 2.24) is 4.72 Å². The maximum atomic E-state index is 13.0. The smallest absolute Gasteiger partial charge is 0.262 e. The fourth-order valence-corrected chi connectivity index (χ4v) is 4.12. The Morgan fingerprint density at radius 3 is 1.83 bits per heavy atom. The number of para-hydroxylation sites is 2. The van der Waals surface area contributed by atoms with Crippen LogP contribution in [0.2, 0.25) is 0 Å². The highest BCUT2D eigenvalue weighted by Gasteiger charge is 2.22. The van der Waals surface area contributed by atoms with Crippen molar-refractivity contribution in [2.24, 2.45) is 0 Å². The van der Waals surface area contributed by atoms with Gasteiger partial charge in [-0.15, -0.1) is 0 Å². The molecule has 0 unspecified atom stereocenters. The zero-order valence-corrected chi connectivity index (χ0v) is 17.8. The molecule has 0 spiro atoms. The molecule has 1 N–H and O–H groups in total. The van der Waals surface area contributed by atoms with E-state index in [1.165, 1.54) is 4.90 Å². The summed E-state index contributed by atoms with van der Waals surface area (Å²) < 4.78 is 27.7. The Kier molecular flexibility index (Phi) is 6.69. The van der Waals surface area contributed by atoms with E-state index < -0.39 is 16.1 Å². The van der Waals surface area contributed by atoms with Gasteiger partial charge in [0.25, 0.3) is 10.0 Å². The first-order valence-electron chi connectivity index (χ1n) is 9.64. The second-order valence-corrected chi connectivity index (χ2v) is 8.35. The van der Waals surface area contributed by atoms with Gasteiger partial charge in [-0.1, -0.05) is 73.2 Å². The van der Waals surface area contributed by atoms with Crippen LogP contribution in [-0.4, -0.2) is 14.4 Å². The molecule has 6 heteroatoms. The summed E-state index contributed by atoms with van der Waals surface area (Å²) in [6.45, 7) is 3.85. The lowest BCUT2D eigenvalue weighted by Crippen LogP contribution is -2.39. The molecule has 154 valence electrons. The molecule has 0 radical (unpaired) electrons. The first kappa shape index (κ1) is 21.3. The topological polar surface area (TPSA) is 66.5 Å². The van der Waals surface area contributed by atoms with Crippen molar-refractivity contribution in [3.8, 4) is 0 Å². The van der Waals surface area contributed by atoms with Crippen LogP contribution >= 0.6 is 0 Å². The number of carbonyl (C=O) groups is 1. The Morgan fingerprint density at radius 1 is 0.867 bits per heavy atom. The molecule has 5 nitrogen and oxygen atoms in total. The van der Waals surface area contributed by atoms with Gasteiger partial charge in [-0.3, -0.25) is 4.90 Å². The summed E-state index contributed by atoms with van der Waals surface area (Å²) >= 11 is 0. The highest BCUT2D eigenvalue weighted by Crippen LogP contribution is 2.25. The lowest BCUT2D eigenvalue weighted by atomic mass is 10.0. The first-order chi connectivity index (χ1) is 14.4. The number of sulfonamides is 1. The zero-order chi connectivity index (χ0) is 21.6. The highest BCUT2D eigenvalue weighted by atomic mass is 32.2. The maximum Gasteiger partial charge on any atom is 0.340 e. The van der Waals surface area contributed by atoms with Crippen molar-refractivity contribution in [3.63, 3.8) is 0 Å². The van der Waals surface area contributed by atoms with Crippen molar-refractivity contribution in [2.45, 2.75) is 20.3 Å². The molecule has 0 heterocycles. The fourth-order valence-electron chi connectivity index (χ4n) is 3.04. The molecule has 0 atom stereocenters. The van der Waals surface area contributed by atoms with Gasteiger partial charge in [0.05, 0.1) is 16.8 Å². The van der Waals surface area contributed by atoms with Crippen LogP contribution in [0.25, 0.3) is 5.57 Å². The minimum atomic E-state index is -4.01. The Hall–Kier alpha value is -3.38. The molecular formula is C24H24N2O3S. The van der Waals surface area contributed by atoms with Gasteiger partial charge in [0.1, 0.15) is 0 Å². The molecule has 3 aromatic rings. The number of hydrogen-bond donors (Lipinski definition) is 1. The number of urea groups is 1. The molecule has 0 aliphatic carbocycles. The van der Waals surface area contributed by atoms with Gasteiger partial charge in [0.15, 0.2) is 0 Å². The Morgan fingerprint density at radius 2 is 1.37 bits per heavy atom. The van der Waals surface area contributed by atoms with Gasteiger partial charge >= 0.3 is 6.03 Å². The van der Waals surface area contributed by atoms with Gasteiger partial charge in [-0.25, -0.2) is 17.9 Å². The van der Waals surface area contributed by atoms with Crippen molar-refractivity contribution in [1.29, 1.82) is 0 Å². The third-order valence-corrected chi connectivity index (χ3v) is 5.62. The number of carbonyl (C=O) groups excluding carboxylic acids is 1. The fraction of sp³-hybridized carbons (Fsp3) is 0.125. The van der Waals surface area contributed by atoms with E-state index in [9.17, 15) is 13.2 Å². The van der Waals surface area contributed by atoms with Gasteiger partial charge in [-0.05, 0) is 48.7 Å². The standard InChI is InChI=1S/C24H24N2O3S/c1-3-20(21-16-14-19(2)15-17-21)18-30(28,29)25-24(27)26(22-10-6-4-7-11-22)23-12-8-5-9-13-23/h4-18H,3H2,1-2H3,(H,25,27). The van der Waals surface area contributed by atoms with E-state index in [2.05, 4.69) is 4.72 Å². The molecule has 3 rings (SSSR count). The lowest BCUT2D eigenvalue weighted by Gasteiger charge is -2.23.